The number of rotatable bonds is 4. The number of hydrogen-bond acceptors (Lipinski definition) is 5. The summed E-state index contributed by atoms with van der Waals surface area (Å²) in [5, 5.41) is 19.9. The lowest BCUT2D eigenvalue weighted by atomic mass is 10.1. The van der Waals surface area contributed by atoms with Crippen molar-refractivity contribution in [3.05, 3.63) is 59.9 Å². The van der Waals surface area contributed by atoms with Gasteiger partial charge in [-0.15, -0.1) is 10.2 Å². The summed E-state index contributed by atoms with van der Waals surface area (Å²) in [6.45, 7) is 1.95. The Kier molecular flexibility index (Phi) is 3.49. The molecule has 0 bridgehead atoms. The maximum atomic E-state index is 12.8. The van der Waals surface area contributed by atoms with E-state index in [2.05, 4.69) is 25.8 Å². The summed E-state index contributed by atoms with van der Waals surface area (Å²) in [7, 11) is 0. The molecule has 1 aliphatic carbocycles. The summed E-state index contributed by atoms with van der Waals surface area (Å²) >= 11 is 0. The Morgan fingerprint density at radius 2 is 2.11 bits per heavy atom. The van der Waals surface area contributed by atoms with Gasteiger partial charge in [-0.05, 0) is 48.7 Å². The molecule has 3 aromatic heterocycles. The number of aryl methyl sites for hydroxylation is 1. The Morgan fingerprint density at radius 1 is 1.22 bits per heavy atom. The van der Waals surface area contributed by atoms with Crippen molar-refractivity contribution in [1.29, 1.82) is 0 Å². The van der Waals surface area contributed by atoms with Crippen molar-refractivity contribution < 1.29 is 4.79 Å². The van der Waals surface area contributed by atoms with Crippen molar-refractivity contribution in [2.75, 3.05) is 5.32 Å². The summed E-state index contributed by atoms with van der Waals surface area (Å²) in [6.07, 6.45) is 5.59. The van der Waals surface area contributed by atoms with Gasteiger partial charge >= 0.3 is 0 Å². The molecule has 0 saturated heterocycles. The van der Waals surface area contributed by atoms with Gasteiger partial charge in [-0.1, -0.05) is 18.2 Å². The lowest BCUT2D eigenvalue weighted by molar-refractivity contribution is 0.102. The third kappa shape index (κ3) is 2.84. The maximum Gasteiger partial charge on any atom is 0.259 e. The van der Waals surface area contributed by atoms with Crippen LogP contribution in [0.4, 0.5) is 5.69 Å². The number of benzene rings is 1. The number of fused-ring (bicyclic) bond motifs is 1. The van der Waals surface area contributed by atoms with E-state index in [4.69, 9.17) is 0 Å². The highest BCUT2D eigenvalue weighted by atomic mass is 16.1. The number of tetrazole rings is 1. The fraction of sp³-hybridized carbons (Fsp3) is 0.211. The van der Waals surface area contributed by atoms with Crippen molar-refractivity contribution in [3.8, 4) is 11.4 Å². The van der Waals surface area contributed by atoms with Gasteiger partial charge in [0, 0.05) is 17.4 Å². The Hall–Kier alpha value is -3.55. The van der Waals surface area contributed by atoms with Gasteiger partial charge in [0.1, 0.15) is 0 Å². The molecule has 3 heterocycles. The molecule has 0 aliphatic heterocycles. The van der Waals surface area contributed by atoms with Crippen LogP contribution in [-0.4, -0.2) is 35.7 Å². The minimum Gasteiger partial charge on any atom is -0.322 e. The average Bonchev–Trinajstić information content (AvgIpc) is 3.25. The van der Waals surface area contributed by atoms with Crippen molar-refractivity contribution in [1.82, 2.24) is 29.8 Å². The van der Waals surface area contributed by atoms with Gasteiger partial charge in [0.05, 0.1) is 23.3 Å². The lowest BCUT2D eigenvalue weighted by Gasteiger charge is -2.09. The number of carbonyl (C=O) groups is 1. The van der Waals surface area contributed by atoms with Crippen molar-refractivity contribution in [2.24, 2.45) is 0 Å². The fourth-order valence-electron chi connectivity index (χ4n) is 3.00. The van der Waals surface area contributed by atoms with Gasteiger partial charge in [-0.2, -0.15) is 9.90 Å². The molecule has 5 rings (SSSR count). The Balaban J connectivity index is 1.44. The molecule has 4 aromatic rings. The summed E-state index contributed by atoms with van der Waals surface area (Å²) < 4.78 is 1.68. The molecule has 1 fully saturated rings. The van der Waals surface area contributed by atoms with Crippen LogP contribution in [0.5, 0.6) is 0 Å². The summed E-state index contributed by atoms with van der Waals surface area (Å²) in [5.41, 5.74) is 3.78. The van der Waals surface area contributed by atoms with Crippen LogP contribution >= 0.6 is 0 Å². The summed E-state index contributed by atoms with van der Waals surface area (Å²) in [5.74, 6) is 0.361. The quantitative estimate of drug-likeness (QED) is 0.605. The first-order valence-electron chi connectivity index (χ1n) is 8.83. The summed E-state index contributed by atoms with van der Waals surface area (Å²) in [6, 6.07) is 11.8. The largest absolute Gasteiger partial charge is 0.322 e. The zero-order chi connectivity index (χ0) is 18.4. The summed E-state index contributed by atoms with van der Waals surface area (Å²) in [4.78, 5) is 14.5. The molecule has 1 aliphatic rings. The van der Waals surface area contributed by atoms with E-state index < -0.39 is 0 Å². The third-order valence-corrected chi connectivity index (χ3v) is 4.72. The molecular formula is C19H17N7O. The number of pyridine rings is 1. The fourth-order valence-corrected chi connectivity index (χ4v) is 3.00. The van der Waals surface area contributed by atoms with Gasteiger partial charge in [-0.25, -0.2) is 4.52 Å². The van der Waals surface area contributed by atoms with Crippen molar-refractivity contribution in [2.45, 2.75) is 25.8 Å². The predicted octanol–water partition coefficient (Wildman–Crippen LogP) is 2.88. The van der Waals surface area contributed by atoms with Crippen molar-refractivity contribution >= 4 is 17.1 Å². The monoisotopic (exact) mass is 359 g/mol. The number of anilines is 1. The molecule has 0 atom stereocenters. The van der Waals surface area contributed by atoms with E-state index in [0.717, 1.165) is 35.2 Å². The first-order chi connectivity index (χ1) is 13.2. The number of nitrogens with zero attached hydrogens (tertiary/aromatic N) is 6. The van der Waals surface area contributed by atoms with Gasteiger partial charge in [0.15, 0.2) is 0 Å². The molecule has 0 spiro atoms. The zero-order valence-corrected chi connectivity index (χ0v) is 14.7. The Morgan fingerprint density at radius 3 is 2.96 bits per heavy atom. The van der Waals surface area contributed by atoms with E-state index in [-0.39, 0.29) is 5.91 Å². The topological polar surface area (TPSA) is 90.0 Å². The molecule has 1 N–H and O–H groups in total. The van der Waals surface area contributed by atoms with Crippen LogP contribution in [0.2, 0.25) is 0 Å². The molecule has 0 radical (unpaired) electrons. The predicted molar refractivity (Wildman–Crippen MR) is 99.4 cm³/mol. The molecule has 8 nitrogen and oxygen atoms in total. The number of carbonyl (C=O) groups excluding carboxylic acids is 1. The van der Waals surface area contributed by atoms with Crippen LogP contribution in [0.15, 0.2) is 48.8 Å². The lowest BCUT2D eigenvalue weighted by Crippen LogP contribution is -2.12. The smallest absolute Gasteiger partial charge is 0.259 e. The second-order valence-corrected chi connectivity index (χ2v) is 6.74. The van der Waals surface area contributed by atoms with Crippen LogP contribution in [0, 0.1) is 6.92 Å². The number of aromatic nitrogens is 6. The maximum absolute atomic E-state index is 12.8. The first-order valence-corrected chi connectivity index (χ1v) is 8.83. The van der Waals surface area contributed by atoms with Crippen LogP contribution in [-0.2, 0) is 0 Å². The van der Waals surface area contributed by atoms with Crippen molar-refractivity contribution in [3.63, 3.8) is 0 Å². The molecule has 0 unspecified atom stereocenters. The van der Waals surface area contributed by atoms with Gasteiger partial charge < -0.3 is 5.32 Å². The molecule has 27 heavy (non-hydrogen) atoms. The highest BCUT2D eigenvalue weighted by Crippen LogP contribution is 2.33. The average molecular weight is 359 g/mol. The first kappa shape index (κ1) is 15.7. The van der Waals surface area contributed by atoms with E-state index >= 15 is 0 Å². The molecule has 8 heteroatoms. The van der Waals surface area contributed by atoms with Crippen LogP contribution in [0.3, 0.4) is 0 Å². The number of hydrogen-bond donors (Lipinski definition) is 1. The molecule has 1 aromatic carbocycles. The molecule has 134 valence electrons. The molecular weight excluding hydrogens is 342 g/mol. The number of nitrogens with one attached hydrogen (secondary N) is 1. The minimum absolute atomic E-state index is 0.203. The van der Waals surface area contributed by atoms with E-state index in [1.165, 1.54) is 0 Å². The number of amides is 1. The Bertz CT molecular complexity index is 1160. The normalized spacial score (nSPS) is 13.8. The molecule has 1 saturated carbocycles. The van der Waals surface area contributed by atoms with Gasteiger partial charge in [-0.3, -0.25) is 4.79 Å². The van der Waals surface area contributed by atoms with E-state index in [1.807, 2.05) is 49.5 Å². The SMILES string of the molecule is Cc1ccc(-c2nnn(C3CC3)n2)cc1NC(=O)c1cnn2ccccc12. The van der Waals surface area contributed by atoms with Gasteiger partial charge in [0.25, 0.3) is 5.91 Å². The van der Waals surface area contributed by atoms with Crippen LogP contribution in [0.25, 0.3) is 16.9 Å². The van der Waals surface area contributed by atoms with Gasteiger partial charge in [0.2, 0.25) is 5.82 Å². The third-order valence-electron chi connectivity index (χ3n) is 4.72. The highest BCUT2D eigenvalue weighted by molar-refractivity contribution is 6.09. The minimum atomic E-state index is -0.203. The Labute approximate surface area is 154 Å². The highest BCUT2D eigenvalue weighted by Gasteiger charge is 2.26. The molecule has 1 amide bonds. The second kappa shape index (κ2) is 6.01. The van der Waals surface area contributed by atoms with E-state index in [1.54, 1.807) is 15.5 Å². The standard InChI is InChI=1S/C19H17N7O/c1-12-5-6-13(18-22-24-26(23-18)14-7-8-14)10-16(12)21-19(27)15-11-20-25-9-3-2-4-17(15)25/h2-6,9-11,14H,7-8H2,1H3,(H,21,27). The van der Waals surface area contributed by atoms with E-state index in [0.29, 0.717) is 17.4 Å². The van der Waals surface area contributed by atoms with Crippen LogP contribution in [0.1, 0.15) is 34.8 Å². The van der Waals surface area contributed by atoms with Crippen LogP contribution < -0.4 is 5.32 Å². The van der Waals surface area contributed by atoms with E-state index in [9.17, 15) is 4.79 Å². The zero-order valence-electron chi connectivity index (χ0n) is 14.7. The second-order valence-electron chi connectivity index (χ2n) is 6.74.